The number of sulfonamides is 1. The number of hydrogen-bond acceptors (Lipinski definition) is 5. The minimum Gasteiger partial charge on any atom is -0.489 e. The van der Waals surface area contributed by atoms with Crippen molar-refractivity contribution in [2.45, 2.75) is 13.0 Å². The molecule has 2 heterocycles. The summed E-state index contributed by atoms with van der Waals surface area (Å²) >= 11 is 1.48. The van der Waals surface area contributed by atoms with Gasteiger partial charge in [-0.3, -0.25) is 4.79 Å². The molecular formula is C25H26N2O4S2. The molecule has 0 spiro atoms. The monoisotopic (exact) mass is 482 g/mol. The maximum absolute atomic E-state index is 13.0. The van der Waals surface area contributed by atoms with E-state index in [1.807, 2.05) is 78.2 Å². The average Bonchev–Trinajstić information content (AvgIpc) is 3.47. The van der Waals surface area contributed by atoms with E-state index in [2.05, 4.69) is 5.32 Å². The van der Waals surface area contributed by atoms with Crippen molar-refractivity contribution in [2.75, 3.05) is 25.4 Å². The predicted molar refractivity (Wildman–Crippen MR) is 132 cm³/mol. The fourth-order valence-corrected chi connectivity index (χ4v) is 5.88. The fourth-order valence-electron chi connectivity index (χ4n) is 3.61. The number of benzene rings is 2. The van der Waals surface area contributed by atoms with Crippen LogP contribution in [0.1, 0.15) is 22.4 Å². The summed E-state index contributed by atoms with van der Waals surface area (Å²) in [5, 5.41) is 4.80. The van der Waals surface area contributed by atoms with Gasteiger partial charge in [0, 0.05) is 24.5 Å². The molecular weight excluding hydrogens is 456 g/mol. The van der Waals surface area contributed by atoms with Gasteiger partial charge in [-0.15, -0.1) is 11.3 Å². The zero-order chi connectivity index (χ0) is 23.1. The summed E-state index contributed by atoms with van der Waals surface area (Å²) in [5.41, 5.74) is 2.47. The number of amides is 1. The van der Waals surface area contributed by atoms with Gasteiger partial charge >= 0.3 is 0 Å². The second-order valence-corrected chi connectivity index (χ2v) is 10.7. The lowest BCUT2D eigenvalue weighted by atomic mass is 10.1. The van der Waals surface area contributed by atoms with Gasteiger partial charge in [-0.2, -0.15) is 0 Å². The highest BCUT2D eigenvalue weighted by Crippen LogP contribution is 2.25. The quantitative estimate of drug-likeness (QED) is 0.468. The molecule has 4 rings (SSSR count). The van der Waals surface area contributed by atoms with Gasteiger partial charge in [0.25, 0.3) is 5.91 Å². The number of carbonyl (C=O) groups excluding carboxylic acids is 1. The summed E-state index contributed by atoms with van der Waals surface area (Å²) < 4.78 is 31.3. The van der Waals surface area contributed by atoms with Gasteiger partial charge < -0.3 is 10.1 Å². The van der Waals surface area contributed by atoms with Crippen LogP contribution in [-0.2, 0) is 21.4 Å². The first-order valence-electron chi connectivity index (χ1n) is 10.8. The Morgan fingerprint density at radius 1 is 1.09 bits per heavy atom. The Morgan fingerprint density at radius 3 is 2.67 bits per heavy atom. The molecule has 0 aliphatic carbocycles. The highest BCUT2D eigenvalue weighted by atomic mass is 32.2. The maximum Gasteiger partial charge on any atom is 0.252 e. The maximum atomic E-state index is 13.0. The van der Waals surface area contributed by atoms with Crippen LogP contribution in [0.15, 0.2) is 72.1 Å². The van der Waals surface area contributed by atoms with E-state index in [-0.39, 0.29) is 24.7 Å². The van der Waals surface area contributed by atoms with Gasteiger partial charge in [0.15, 0.2) is 0 Å². The minimum atomic E-state index is -3.17. The SMILES string of the molecule is O=C(NCCN1CCCS1(=O)=O)/C(=C/c1cccc(OCc2ccccc2)c1)c1cccs1. The summed E-state index contributed by atoms with van der Waals surface area (Å²) in [4.78, 5) is 13.8. The zero-order valence-corrected chi connectivity index (χ0v) is 19.8. The number of carbonyl (C=O) groups is 1. The highest BCUT2D eigenvalue weighted by molar-refractivity contribution is 7.89. The number of rotatable bonds is 9. The predicted octanol–water partition coefficient (Wildman–Crippen LogP) is 4.02. The number of hydrogen-bond donors (Lipinski definition) is 1. The standard InChI is InChI=1S/C25H26N2O4S2/c28-25(26-12-14-27-13-6-16-33(27,29)30)23(24-11-5-15-32-24)18-21-9-4-10-22(17-21)31-19-20-7-2-1-3-8-20/h1-5,7-11,15,17-18H,6,12-14,16,19H2,(H,26,28)/b23-18+. The molecule has 1 amide bonds. The van der Waals surface area contributed by atoms with Crippen LogP contribution in [0.4, 0.5) is 0 Å². The lowest BCUT2D eigenvalue weighted by Crippen LogP contribution is -2.36. The lowest BCUT2D eigenvalue weighted by Gasteiger charge is -2.15. The van der Waals surface area contributed by atoms with Gasteiger partial charge in [0.05, 0.1) is 11.3 Å². The molecule has 1 aliphatic rings. The Balaban J connectivity index is 1.45. The summed E-state index contributed by atoms with van der Waals surface area (Å²) in [6.07, 6.45) is 2.47. The molecule has 0 atom stereocenters. The van der Waals surface area contributed by atoms with Crippen molar-refractivity contribution in [1.29, 1.82) is 0 Å². The van der Waals surface area contributed by atoms with Crippen molar-refractivity contribution >= 4 is 38.9 Å². The molecule has 0 saturated carbocycles. The number of thiophene rings is 1. The third-order valence-corrected chi connectivity index (χ3v) is 8.16. The van der Waals surface area contributed by atoms with Gasteiger partial charge in [0.1, 0.15) is 12.4 Å². The molecule has 1 aromatic heterocycles. The average molecular weight is 483 g/mol. The topological polar surface area (TPSA) is 75.7 Å². The Labute approximate surface area is 198 Å². The third kappa shape index (κ3) is 6.31. The molecule has 8 heteroatoms. The van der Waals surface area contributed by atoms with E-state index in [0.29, 0.717) is 25.1 Å². The first kappa shape index (κ1) is 23.2. The molecule has 2 aromatic carbocycles. The van der Waals surface area contributed by atoms with Crippen LogP contribution in [0.2, 0.25) is 0 Å². The second-order valence-electron chi connectivity index (χ2n) is 7.71. The van der Waals surface area contributed by atoms with Crippen LogP contribution in [0.3, 0.4) is 0 Å². The van der Waals surface area contributed by atoms with Gasteiger partial charge in [-0.1, -0.05) is 48.5 Å². The molecule has 1 N–H and O–H groups in total. The van der Waals surface area contributed by atoms with Crippen LogP contribution < -0.4 is 10.1 Å². The van der Waals surface area contributed by atoms with Crippen LogP contribution >= 0.6 is 11.3 Å². The lowest BCUT2D eigenvalue weighted by molar-refractivity contribution is -0.115. The summed E-state index contributed by atoms with van der Waals surface area (Å²) in [7, 11) is -3.17. The summed E-state index contributed by atoms with van der Waals surface area (Å²) in [5.74, 6) is 0.673. The number of ether oxygens (including phenoxy) is 1. The second kappa shape index (κ2) is 10.8. The first-order chi connectivity index (χ1) is 16.0. The van der Waals surface area contributed by atoms with Gasteiger partial charge in [-0.25, -0.2) is 12.7 Å². The Kier molecular flexibility index (Phi) is 7.59. The smallest absolute Gasteiger partial charge is 0.252 e. The fraction of sp³-hybridized carbons (Fsp3) is 0.240. The molecule has 0 radical (unpaired) electrons. The number of nitrogens with zero attached hydrogens (tertiary/aromatic N) is 1. The van der Waals surface area contributed by atoms with Crippen LogP contribution in [-0.4, -0.2) is 44.0 Å². The van der Waals surface area contributed by atoms with Crippen molar-refractivity contribution in [3.05, 3.63) is 88.1 Å². The van der Waals surface area contributed by atoms with E-state index in [0.717, 1.165) is 21.8 Å². The van der Waals surface area contributed by atoms with E-state index < -0.39 is 10.0 Å². The molecule has 6 nitrogen and oxygen atoms in total. The van der Waals surface area contributed by atoms with Crippen molar-refractivity contribution in [3.63, 3.8) is 0 Å². The van der Waals surface area contributed by atoms with E-state index in [9.17, 15) is 13.2 Å². The minimum absolute atomic E-state index is 0.185. The Hall–Kier alpha value is -2.94. The normalized spacial score (nSPS) is 15.9. The third-order valence-electron chi connectivity index (χ3n) is 5.30. The Morgan fingerprint density at radius 2 is 1.94 bits per heavy atom. The highest BCUT2D eigenvalue weighted by Gasteiger charge is 2.27. The zero-order valence-electron chi connectivity index (χ0n) is 18.1. The van der Waals surface area contributed by atoms with Gasteiger partial charge in [-0.05, 0) is 47.2 Å². The van der Waals surface area contributed by atoms with Crippen LogP contribution in [0, 0.1) is 0 Å². The molecule has 3 aromatic rings. The largest absolute Gasteiger partial charge is 0.489 e. The van der Waals surface area contributed by atoms with E-state index in [1.165, 1.54) is 15.6 Å². The first-order valence-corrected chi connectivity index (χ1v) is 13.3. The summed E-state index contributed by atoms with van der Waals surface area (Å²) in [6.45, 7) is 1.53. The molecule has 33 heavy (non-hydrogen) atoms. The van der Waals surface area contributed by atoms with E-state index >= 15 is 0 Å². The van der Waals surface area contributed by atoms with Crippen molar-refractivity contribution in [3.8, 4) is 5.75 Å². The molecule has 0 unspecified atom stereocenters. The van der Waals surface area contributed by atoms with Crippen molar-refractivity contribution in [1.82, 2.24) is 9.62 Å². The molecule has 1 saturated heterocycles. The summed E-state index contributed by atoms with van der Waals surface area (Å²) in [6, 6.07) is 21.4. The van der Waals surface area contributed by atoms with Gasteiger partial charge in [0.2, 0.25) is 10.0 Å². The van der Waals surface area contributed by atoms with E-state index in [1.54, 1.807) is 0 Å². The van der Waals surface area contributed by atoms with Crippen LogP contribution in [0.25, 0.3) is 11.6 Å². The molecule has 1 fully saturated rings. The number of nitrogens with one attached hydrogen (secondary N) is 1. The van der Waals surface area contributed by atoms with Crippen molar-refractivity contribution in [2.24, 2.45) is 0 Å². The molecule has 1 aliphatic heterocycles. The van der Waals surface area contributed by atoms with Crippen molar-refractivity contribution < 1.29 is 17.9 Å². The molecule has 0 bridgehead atoms. The van der Waals surface area contributed by atoms with Crippen LogP contribution in [0.5, 0.6) is 5.75 Å². The molecule has 172 valence electrons. The van der Waals surface area contributed by atoms with E-state index in [4.69, 9.17) is 4.74 Å². The Bertz CT molecular complexity index is 1210.